The number of nitro benzene ring substituents is 1. The Hall–Kier alpha value is -2.93. The number of nitro groups is 1. The van der Waals surface area contributed by atoms with Crippen molar-refractivity contribution < 1.29 is 19.2 Å². The first-order valence-corrected chi connectivity index (χ1v) is 7.16. The number of non-ortho nitro benzene ring substituents is 1. The molecule has 0 aromatic heterocycles. The van der Waals surface area contributed by atoms with E-state index in [2.05, 4.69) is 10.1 Å². The highest BCUT2D eigenvalue weighted by Gasteiger charge is 2.17. The van der Waals surface area contributed by atoms with Crippen LogP contribution in [0.25, 0.3) is 0 Å². The van der Waals surface area contributed by atoms with Crippen LogP contribution in [0.2, 0.25) is 5.02 Å². The number of ether oxygens (including phenoxy) is 1. The predicted molar refractivity (Wildman–Crippen MR) is 88.6 cm³/mol. The van der Waals surface area contributed by atoms with Crippen molar-refractivity contribution in [1.82, 2.24) is 0 Å². The molecule has 0 bridgehead atoms. The van der Waals surface area contributed by atoms with Gasteiger partial charge in [-0.15, -0.1) is 0 Å². The van der Waals surface area contributed by atoms with E-state index in [1.54, 1.807) is 25.1 Å². The van der Waals surface area contributed by atoms with Gasteiger partial charge in [-0.2, -0.15) is 0 Å². The quantitative estimate of drug-likeness (QED) is 0.517. The Bertz CT molecular complexity index is 835. The fraction of sp³-hybridized carbons (Fsp3) is 0.125. The smallest absolute Gasteiger partial charge is 0.338 e. The van der Waals surface area contributed by atoms with Gasteiger partial charge in [-0.25, -0.2) is 4.79 Å². The molecule has 1 amide bonds. The molecule has 0 aliphatic carbocycles. The molecule has 1 N–H and O–H groups in total. The molecule has 0 aliphatic rings. The zero-order valence-electron chi connectivity index (χ0n) is 12.8. The number of esters is 1. The lowest BCUT2D eigenvalue weighted by atomic mass is 10.1. The molecule has 0 saturated carbocycles. The average molecular weight is 349 g/mol. The summed E-state index contributed by atoms with van der Waals surface area (Å²) in [5.74, 6) is -1.06. The van der Waals surface area contributed by atoms with Crippen molar-refractivity contribution in [2.24, 2.45) is 0 Å². The van der Waals surface area contributed by atoms with E-state index in [0.717, 1.165) is 6.07 Å². The second-order valence-electron chi connectivity index (χ2n) is 4.85. The highest BCUT2D eigenvalue weighted by Crippen LogP contribution is 2.25. The molecule has 24 heavy (non-hydrogen) atoms. The molecule has 8 heteroatoms. The van der Waals surface area contributed by atoms with Gasteiger partial charge in [0, 0.05) is 17.8 Å². The van der Waals surface area contributed by atoms with Gasteiger partial charge < -0.3 is 10.1 Å². The van der Waals surface area contributed by atoms with E-state index in [-0.39, 0.29) is 16.3 Å². The number of carbonyl (C=O) groups excluding carboxylic acids is 2. The lowest BCUT2D eigenvalue weighted by Crippen LogP contribution is -2.15. The van der Waals surface area contributed by atoms with Gasteiger partial charge >= 0.3 is 5.97 Å². The summed E-state index contributed by atoms with van der Waals surface area (Å²) < 4.78 is 4.68. The summed E-state index contributed by atoms with van der Waals surface area (Å²) in [6.45, 7) is 1.67. The Balaban J connectivity index is 2.31. The Morgan fingerprint density at radius 3 is 2.50 bits per heavy atom. The third-order valence-corrected chi connectivity index (χ3v) is 3.71. The van der Waals surface area contributed by atoms with Crippen molar-refractivity contribution in [3.8, 4) is 0 Å². The molecular weight excluding hydrogens is 336 g/mol. The summed E-state index contributed by atoms with van der Waals surface area (Å²) in [6, 6.07) is 8.38. The standard InChI is InChI=1S/C16H13ClN2O5/c1-9-11(16(21)24-2)4-3-5-14(9)18-15(20)12-7-6-10(19(22)23)8-13(12)17/h3-8H,1-2H3,(H,18,20). The van der Waals surface area contributed by atoms with E-state index in [9.17, 15) is 19.7 Å². The van der Waals surface area contributed by atoms with E-state index >= 15 is 0 Å². The van der Waals surface area contributed by atoms with Crippen LogP contribution in [0.3, 0.4) is 0 Å². The topological polar surface area (TPSA) is 98.5 Å². The lowest BCUT2D eigenvalue weighted by molar-refractivity contribution is -0.384. The number of anilines is 1. The molecule has 2 aromatic carbocycles. The number of amides is 1. The molecule has 124 valence electrons. The number of nitrogens with one attached hydrogen (secondary N) is 1. The number of methoxy groups -OCH3 is 1. The van der Waals surface area contributed by atoms with Gasteiger partial charge in [0.15, 0.2) is 0 Å². The Morgan fingerprint density at radius 2 is 1.92 bits per heavy atom. The number of hydrogen-bond donors (Lipinski definition) is 1. The Labute approximate surface area is 142 Å². The maximum atomic E-state index is 12.3. The van der Waals surface area contributed by atoms with Crippen molar-refractivity contribution in [1.29, 1.82) is 0 Å². The van der Waals surface area contributed by atoms with Gasteiger partial charge in [-0.05, 0) is 30.7 Å². The van der Waals surface area contributed by atoms with E-state index < -0.39 is 16.8 Å². The molecule has 0 saturated heterocycles. The maximum absolute atomic E-state index is 12.3. The van der Waals surface area contributed by atoms with Crippen molar-refractivity contribution in [3.63, 3.8) is 0 Å². The maximum Gasteiger partial charge on any atom is 0.338 e. The molecular formula is C16H13ClN2O5. The van der Waals surface area contributed by atoms with Crippen molar-refractivity contribution in [2.45, 2.75) is 6.92 Å². The summed E-state index contributed by atoms with van der Waals surface area (Å²) in [5, 5.41) is 13.3. The summed E-state index contributed by atoms with van der Waals surface area (Å²) in [6.07, 6.45) is 0. The molecule has 0 unspecified atom stereocenters. The fourth-order valence-corrected chi connectivity index (χ4v) is 2.35. The second kappa shape index (κ2) is 7.10. The molecule has 0 atom stereocenters. The van der Waals surface area contributed by atoms with Gasteiger partial charge in [0.1, 0.15) is 0 Å². The number of carbonyl (C=O) groups is 2. The van der Waals surface area contributed by atoms with E-state index in [1.807, 2.05) is 0 Å². The van der Waals surface area contributed by atoms with E-state index in [1.165, 1.54) is 19.2 Å². The Kier molecular flexibility index (Phi) is 5.15. The predicted octanol–water partition coefficient (Wildman–Crippen LogP) is 3.60. The van der Waals surface area contributed by atoms with Crippen LogP contribution in [-0.2, 0) is 4.74 Å². The van der Waals surface area contributed by atoms with Crippen molar-refractivity contribution in [2.75, 3.05) is 12.4 Å². The van der Waals surface area contributed by atoms with Gasteiger partial charge in [-0.3, -0.25) is 14.9 Å². The number of hydrogen-bond acceptors (Lipinski definition) is 5. The summed E-state index contributed by atoms with van der Waals surface area (Å²) >= 11 is 5.94. The Morgan fingerprint density at radius 1 is 1.21 bits per heavy atom. The second-order valence-corrected chi connectivity index (χ2v) is 5.25. The van der Waals surface area contributed by atoms with E-state index in [4.69, 9.17) is 11.6 Å². The first-order valence-electron chi connectivity index (χ1n) is 6.78. The van der Waals surface area contributed by atoms with Crippen molar-refractivity contribution in [3.05, 3.63) is 68.2 Å². The molecule has 2 rings (SSSR count). The van der Waals surface area contributed by atoms with Gasteiger partial charge in [-0.1, -0.05) is 17.7 Å². The highest BCUT2D eigenvalue weighted by molar-refractivity contribution is 6.34. The first kappa shape index (κ1) is 17.4. The van der Waals surface area contributed by atoms with Crippen LogP contribution in [-0.4, -0.2) is 23.9 Å². The number of halogens is 1. The average Bonchev–Trinajstić information content (AvgIpc) is 2.55. The van der Waals surface area contributed by atoms with Crippen LogP contribution in [0.5, 0.6) is 0 Å². The van der Waals surface area contributed by atoms with Crippen LogP contribution in [0, 0.1) is 17.0 Å². The minimum absolute atomic E-state index is 0.0384. The molecule has 0 radical (unpaired) electrons. The largest absolute Gasteiger partial charge is 0.465 e. The molecule has 0 spiro atoms. The molecule has 7 nitrogen and oxygen atoms in total. The number of nitrogens with zero attached hydrogens (tertiary/aromatic N) is 1. The van der Waals surface area contributed by atoms with Crippen LogP contribution in [0.4, 0.5) is 11.4 Å². The van der Waals surface area contributed by atoms with Gasteiger partial charge in [0.2, 0.25) is 0 Å². The van der Waals surface area contributed by atoms with Crippen LogP contribution in [0.1, 0.15) is 26.3 Å². The lowest BCUT2D eigenvalue weighted by Gasteiger charge is -2.12. The highest BCUT2D eigenvalue weighted by atomic mass is 35.5. The number of rotatable bonds is 4. The zero-order chi connectivity index (χ0) is 17.9. The van der Waals surface area contributed by atoms with Crippen LogP contribution >= 0.6 is 11.6 Å². The van der Waals surface area contributed by atoms with Crippen molar-refractivity contribution >= 4 is 34.9 Å². The fourth-order valence-electron chi connectivity index (χ4n) is 2.09. The number of benzene rings is 2. The zero-order valence-corrected chi connectivity index (χ0v) is 13.6. The third-order valence-electron chi connectivity index (χ3n) is 3.40. The molecule has 0 aliphatic heterocycles. The third kappa shape index (κ3) is 3.52. The first-order chi connectivity index (χ1) is 11.3. The minimum atomic E-state index is -0.600. The van der Waals surface area contributed by atoms with Gasteiger partial charge in [0.25, 0.3) is 11.6 Å². The minimum Gasteiger partial charge on any atom is -0.465 e. The van der Waals surface area contributed by atoms with Gasteiger partial charge in [0.05, 0.1) is 28.2 Å². The normalized spacial score (nSPS) is 10.1. The summed E-state index contributed by atoms with van der Waals surface area (Å²) in [5.41, 5.74) is 1.16. The molecule has 2 aromatic rings. The SMILES string of the molecule is COC(=O)c1cccc(NC(=O)c2ccc([N+](=O)[O-])cc2Cl)c1C. The summed E-state index contributed by atoms with van der Waals surface area (Å²) in [4.78, 5) is 34.1. The van der Waals surface area contributed by atoms with Crippen LogP contribution < -0.4 is 5.32 Å². The molecule has 0 heterocycles. The summed E-state index contributed by atoms with van der Waals surface area (Å²) in [7, 11) is 1.27. The van der Waals surface area contributed by atoms with E-state index in [0.29, 0.717) is 16.8 Å². The molecule has 0 fully saturated rings. The monoisotopic (exact) mass is 348 g/mol. The van der Waals surface area contributed by atoms with Crippen LogP contribution in [0.15, 0.2) is 36.4 Å².